The van der Waals surface area contributed by atoms with Crippen LogP contribution in [-0.2, 0) is 6.42 Å². The monoisotopic (exact) mass is 349 g/mol. The van der Waals surface area contributed by atoms with Crippen molar-refractivity contribution in [1.29, 1.82) is 0 Å². The molecule has 1 unspecified atom stereocenters. The summed E-state index contributed by atoms with van der Waals surface area (Å²) < 4.78 is 11.9. The molecule has 0 spiro atoms. The summed E-state index contributed by atoms with van der Waals surface area (Å²) in [6.07, 6.45) is 0.683. The van der Waals surface area contributed by atoms with E-state index in [4.69, 9.17) is 15.2 Å². The molecule has 0 fully saturated rings. The third-order valence-electron chi connectivity index (χ3n) is 3.47. The second-order valence-corrected chi connectivity index (χ2v) is 5.93. The van der Waals surface area contributed by atoms with Gasteiger partial charge in [0.2, 0.25) is 0 Å². The lowest BCUT2D eigenvalue weighted by Crippen LogP contribution is -2.15. The number of aryl methyl sites for hydroxylation is 1. The van der Waals surface area contributed by atoms with Gasteiger partial charge in [0, 0.05) is 16.1 Å². The molecular formula is C17H20BrNO2. The van der Waals surface area contributed by atoms with E-state index < -0.39 is 0 Å². The molecule has 2 rings (SSSR count). The number of hydrogen-bond donors (Lipinski definition) is 1. The van der Waals surface area contributed by atoms with E-state index in [1.54, 1.807) is 14.2 Å². The summed E-state index contributed by atoms with van der Waals surface area (Å²) in [5, 5.41) is 0. The topological polar surface area (TPSA) is 44.5 Å². The van der Waals surface area contributed by atoms with Crippen molar-refractivity contribution < 1.29 is 9.47 Å². The first kappa shape index (κ1) is 15.9. The van der Waals surface area contributed by atoms with Crippen LogP contribution in [0.15, 0.2) is 40.9 Å². The SMILES string of the molecule is COc1ccc(Br)cc1CC(N)c1ccc(C)cc1OC. The Morgan fingerprint density at radius 2 is 1.76 bits per heavy atom. The van der Waals surface area contributed by atoms with Gasteiger partial charge in [-0.15, -0.1) is 0 Å². The van der Waals surface area contributed by atoms with E-state index in [2.05, 4.69) is 22.0 Å². The first-order valence-electron chi connectivity index (χ1n) is 6.77. The predicted octanol–water partition coefficient (Wildman–Crippen LogP) is 4.02. The molecule has 2 aromatic rings. The van der Waals surface area contributed by atoms with E-state index >= 15 is 0 Å². The van der Waals surface area contributed by atoms with Crippen molar-refractivity contribution in [3.8, 4) is 11.5 Å². The molecule has 0 aliphatic carbocycles. The molecule has 21 heavy (non-hydrogen) atoms. The zero-order chi connectivity index (χ0) is 15.4. The van der Waals surface area contributed by atoms with E-state index in [-0.39, 0.29) is 6.04 Å². The van der Waals surface area contributed by atoms with Crippen molar-refractivity contribution in [3.63, 3.8) is 0 Å². The van der Waals surface area contributed by atoms with Gasteiger partial charge in [-0.1, -0.05) is 28.1 Å². The smallest absolute Gasteiger partial charge is 0.123 e. The van der Waals surface area contributed by atoms with Crippen molar-refractivity contribution in [2.24, 2.45) is 5.73 Å². The summed E-state index contributed by atoms with van der Waals surface area (Å²) in [4.78, 5) is 0. The molecular weight excluding hydrogens is 330 g/mol. The number of hydrogen-bond acceptors (Lipinski definition) is 3. The van der Waals surface area contributed by atoms with Gasteiger partial charge < -0.3 is 15.2 Å². The fourth-order valence-corrected chi connectivity index (χ4v) is 2.79. The molecule has 0 radical (unpaired) electrons. The van der Waals surface area contributed by atoms with Gasteiger partial charge in [-0.05, 0) is 48.7 Å². The third kappa shape index (κ3) is 3.77. The van der Waals surface area contributed by atoms with Crippen LogP contribution in [0.3, 0.4) is 0 Å². The molecule has 0 aliphatic heterocycles. The summed E-state index contributed by atoms with van der Waals surface area (Å²) in [5.74, 6) is 1.68. The maximum absolute atomic E-state index is 6.38. The van der Waals surface area contributed by atoms with Gasteiger partial charge in [0.25, 0.3) is 0 Å². The summed E-state index contributed by atoms with van der Waals surface area (Å²) in [7, 11) is 3.34. The highest BCUT2D eigenvalue weighted by atomic mass is 79.9. The van der Waals surface area contributed by atoms with E-state index in [0.717, 1.165) is 32.7 Å². The number of rotatable bonds is 5. The fraction of sp³-hybridized carbons (Fsp3) is 0.294. The Morgan fingerprint density at radius 3 is 2.43 bits per heavy atom. The van der Waals surface area contributed by atoms with Crippen molar-refractivity contribution in [1.82, 2.24) is 0 Å². The maximum Gasteiger partial charge on any atom is 0.123 e. The van der Waals surface area contributed by atoms with Crippen LogP contribution in [0.4, 0.5) is 0 Å². The Labute approximate surface area is 134 Å². The minimum absolute atomic E-state index is 0.149. The Bertz CT molecular complexity index is 628. The van der Waals surface area contributed by atoms with E-state index in [9.17, 15) is 0 Å². The molecule has 0 heterocycles. The van der Waals surface area contributed by atoms with Crippen LogP contribution in [0.25, 0.3) is 0 Å². The molecule has 3 nitrogen and oxygen atoms in total. The Hall–Kier alpha value is -1.52. The molecule has 2 aromatic carbocycles. The summed E-state index contributed by atoms with van der Waals surface area (Å²) in [5.41, 5.74) is 9.61. The zero-order valence-corrected chi connectivity index (χ0v) is 14.1. The minimum Gasteiger partial charge on any atom is -0.496 e. The Balaban J connectivity index is 2.30. The van der Waals surface area contributed by atoms with Gasteiger partial charge in [-0.2, -0.15) is 0 Å². The maximum atomic E-state index is 6.38. The van der Waals surface area contributed by atoms with Gasteiger partial charge >= 0.3 is 0 Å². The normalized spacial score (nSPS) is 12.0. The quantitative estimate of drug-likeness (QED) is 0.886. The first-order valence-corrected chi connectivity index (χ1v) is 7.57. The van der Waals surface area contributed by atoms with E-state index in [0.29, 0.717) is 6.42 Å². The average molecular weight is 350 g/mol. The lowest BCUT2D eigenvalue weighted by Gasteiger charge is -2.18. The highest BCUT2D eigenvalue weighted by Gasteiger charge is 2.15. The number of benzene rings is 2. The summed E-state index contributed by atoms with van der Waals surface area (Å²) in [6.45, 7) is 2.04. The molecule has 1 atom stereocenters. The van der Waals surface area contributed by atoms with Crippen LogP contribution in [0.5, 0.6) is 11.5 Å². The molecule has 0 saturated carbocycles. The zero-order valence-electron chi connectivity index (χ0n) is 12.5. The minimum atomic E-state index is -0.149. The van der Waals surface area contributed by atoms with Crippen LogP contribution < -0.4 is 15.2 Å². The molecule has 112 valence electrons. The van der Waals surface area contributed by atoms with Crippen molar-refractivity contribution in [2.75, 3.05) is 14.2 Å². The van der Waals surface area contributed by atoms with E-state index in [1.165, 1.54) is 0 Å². The lowest BCUT2D eigenvalue weighted by atomic mass is 9.97. The van der Waals surface area contributed by atoms with Crippen LogP contribution >= 0.6 is 15.9 Å². The third-order valence-corrected chi connectivity index (χ3v) is 3.96. The second-order valence-electron chi connectivity index (χ2n) is 5.01. The largest absolute Gasteiger partial charge is 0.496 e. The number of methoxy groups -OCH3 is 2. The molecule has 0 amide bonds. The van der Waals surface area contributed by atoms with Crippen molar-refractivity contribution in [2.45, 2.75) is 19.4 Å². The molecule has 0 aliphatic rings. The van der Waals surface area contributed by atoms with Crippen LogP contribution in [-0.4, -0.2) is 14.2 Å². The second kappa shape index (κ2) is 6.96. The lowest BCUT2D eigenvalue weighted by molar-refractivity contribution is 0.400. The Kier molecular flexibility index (Phi) is 5.26. The van der Waals surface area contributed by atoms with E-state index in [1.807, 2.05) is 37.3 Å². The van der Waals surface area contributed by atoms with Crippen molar-refractivity contribution in [3.05, 3.63) is 57.6 Å². The molecule has 2 N–H and O–H groups in total. The molecule has 0 saturated heterocycles. The van der Waals surface area contributed by atoms with Crippen LogP contribution in [0, 0.1) is 6.92 Å². The van der Waals surface area contributed by atoms with Gasteiger partial charge in [-0.3, -0.25) is 0 Å². The fourth-order valence-electron chi connectivity index (χ4n) is 2.38. The summed E-state index contributed by atoms with van der Waals surface area (Å²) in [6, 6.07) is 11.9. The number of halogens is 1. The van der Waals surface area contributed by atoms with Crippen molar-refractivity contribution >= 4 is 15.9 Å². The highest BCUT2D eigenvalue weighted by Crippen LogP contribution is 2.31. The van der Waals surface area contributed by atoms with Crippen LogP contribution in [0.2, 0.25) is 0 Å². The average Bonchev–Trinajstić information content (AvgIpc) is 2.47. The molecule has 4 heteroatoms. The molecule has 0 aromatic heterocycles. The predicted molar refractivity (Wildman–Crippen MR) is 89.1 cm³/mol. The first-order chi connectivity index (χ1) is 10.0. The number of nitrogens with two attached hydrogens (primary N) is 1. The van der Waals surface area contributed by atoms with Gasteiger partial charge in [0.1, 0.15) is 11.5 Å². The van der Waals surface area contributed by atoms with Crippen LogP contribution in [0.1, 0.15) is 22.7 Å². The number of ether oxygens (including phenoxy) is 2. The molecule has 0 bridgehead atoms. The highest BCUT2D eigenvalue weighted by molar-refractivity contribution is 9.10. The standard InChI is InChI=1S/C17H20BrNO2/c1-11-4-6-14(17(8-11)21-3)15(19)10-12-9-13(18)5-7-16(12)20-2/h4-9,15H,10,19H2,1-3H3. The summed E-state index contributed by atoms with van der Waals surface area (Å²) >= 11 is 3.49. The van der Waals surface area contributed by atoms with Gasteiger partial charge in [0.05, 0.1) is 14.2 Å². The van der Waals surface area contributed by atoms with Gasteiger partial charge in [0.15, 0.2) is 0 Å². The Morgan fingerprint density at radius 1 is 1.05 bits per heavy atom. The van der Waals surface area contributed by atoms with Gasteiger partial charge in [-0.25, -0.2) is 0 Å².